The molecule has 0 spiro atoms. The molecule has 0 saturated carbocycles. The summed E-state index contributed by atoms with van der Waals surface area (Å²) in [5.74, 6) is 0.858. The van der Waals surface area contributed by atoms with Crippen LogP contribution in [0.4, 0.5) is 0 Å². The lowest BCUT2D eigenvalue weighted by molar-refractivity contribution is 1.03. The first-order valence-electron chi connectivity index (χ1n) is 15.3. The Morgan fingerprint density at radius 2 is 1.11 bits per heavy atom. The van der Waals surface area contributed by atoms with E-state index in [1.54, 1.807) is 6.20 Å². The lowest BCUT2D eigenvalue weighted by atomic mass is 9.85. The van der Waals surface area contributed by atoms with E-state index in [1.165, 1.54) is 54.7 Å². The highest BCUT2D eigenvalue weighted by atomic mass is 15.1. The maximum Gasteiger partial charge on any atom is 0.138 e. The monoisotopic (exact) mass is 577 g/mol. The Morgan fingerprint density at radius 3 is 1.78 bits per heavy atom. The Labute approximate surface area is 262 Å². The third kappa shape index (κ3) is 4.40. The first-order chi connectivity index (χ1) is 22.2. The van der Waals surface area contributed by atoms with Crippen molar-refractivity contribution in [1.82, 2.24) is 9.55 Å². The second-order valence-corrected chi connectivity index (χ2v) is 11.4. The van der Waals surface area contributed by atoms with Gasteiger partial charge < -0.3 is 5.73 Å². The molecule has 0 bridgehead atoms. The van der Waals surface area contributed by atoms with Crippen LogP contribution in [0.15, 0.2) is 152 Å². The fourth-order valence-electron chi connectivity index (χ4n) is 6.84. The summed E-state index contributed by atoms with van der Waals surface area (Å²) >= 11 is 0. The number of nitrogens with two attached hydrogens (primary N) is 1. The van der Waals surface area contributed by atoms with Gasteiger partial charge in [0.25, 0.3) is 0 Å². The lowest BCUT2D eigenvalue weighted by Gasteiger charge is -2.18. The maximum absolute atomic E-state index is 5.91. The molecule has 45 heavy (non-hydrogen) atoms. The molecule has 2 N–H and O–H groups in total. The molecule has 0 unspecified atom stereocenters. The minimum Gasteiger partial charge on any atom is -0.405 e. The molecule has 0 saturated heterocycles. The fourth-order valence-corrected chi connectivity index (χ4v) is 6.84. The number of benzene rings is 6. The largest absolute Gasteiger partial charge is 0.405 e. The number of hydrogen-bond donors (Lipinski definition) is 1. The van der Waals surface area contributed by atoms with Crippen molar-refractivity contribution in [2.45, 2.75) is 6.92 Å². The van der Waals surface area contributed by atoms with E-state index >= 15 is 0 Å². The lowest BCUT2D eigenvalue weighted by Crippen LogP contribution is -2.01. The summed E-state index contributed by atoms with van der Waals surface area (Å²) in [6.45, 7) is 2.14. The van der Waals surface area contributed by atoms with Gasteiger partial charge in [-0.3, -0.25) is 4.57 Å². The van der Waals surface area contributed by atoms with E-state index in [4.69, 9.17) is 10.7 Å². The molecule has 8 aromatic rings. The Bertz CT molecular complexity index is 2380. The number of para-hydroxylation sites is 1. The average Bonchev–Trinajstić information content (AvgIpc) is 3.38. The minimum absolute atomic E-state index is 0.858. The van der Waals surface area contributed by atoms with Gasteiger partial charge in [0.2, 0.25) is 0 Å². The number of aryl methyl sites for hydroxylation is 1. The summed E-state index contributed by atoms with van der Waals surface area (Å²) < 4.78 is 2.20. The van der Waals surface area contributed by atoms with Gasteiger partial charge in [-0.05, 0) is 92.8 Å². The van der Waals surface area contributed by atoms with Crippen molar-refractivity contribution in [2.75, 3.05) is 0 Å². The van der Waals surface area contributed by atoms with Crippen LogP contribution in [0, 0.1) is 6.92 Å². The van der Waals surface area contributed by atoms with Gasteiger partial charge in [0, 0.05) is 10.9 Å². The molecule has 0 fully saturated rings. The van der Waals surface area contributed by atoms with E-state index in [2.05, 4.69) is 157 Å². The fraction of sp³-hybridized carbons (Fsp3) is 0.0238. The van der Waals surface area contributed by atoms with Crippen molar-refractivity contribution >= 4 is 38.5 Å². The second kappa shape index (κ2) is 11.0. The van der Waals surface area contributed by atoms with Gasteiger partial charge in [0.05, 0.1) is 16.9 Å². The number of hydrogen-bond acceptors (Lipinski definition) is 2. The summed E-state index contributed by atoms with van der Waals surface area (Å²) in [6, 6.07) is 51.8. The molecular weight excluding hydrogens is 546 g/mol. The normalized spacial score (nSPS) is 11.7. The number of nitrogens with zero attached hydrogens (tertiary/aromatic N) is 2. The third-order valence-electron chi connectivity index (χ3n) is 8.84. The van der Waals surface area contributed by atoms with Crippen molar-refractivity contribution in [3.05, 3.63) is 163 Å². The zero-order chi connectivity index (χ0) is 30.3. The van der Waals surface area contributed by atoms with E-state index in [-0.39, 0.29) is 0 Å². The number of fused-ring (bicyclic) bond motifs is 3. The highest BCUT2D eigenvalue weighted by Gasteiger charge is 2.18. The predicted molar refractivity (Wildman–Crippen MR) is 190 cm³/mol. The molecule has 3 nitrogen and oxygen atoms in total. The number of rotatable bonds is 5. The zero-order valence-corrected chi connectivity index (χ0v) is 25.0. The van der Waals surface area contributed by atoms with Crippen molar-refractivity contribution in [2.24, 2.45) is 5.73 Å². The molecule has 0 radical (unpaired) electrons. The van der Waals surface area contributed by atoms with Crippen LogP contribution in [-0.4, -0.2) is 9.55 Å². The molecule has 2 heterocycles. The molecular formula is C42H31N3. The Morgan fingerprint density at radius 1 is 0.533 bits per heavy atom. The van der Waals surface area contributed by atoms with Crippen molar-refractivity contribution < 1.29 is 0 Å². The van der Waals surface area contributed by atoms with Crippen LogP contribution in [0.5, 0.6) is 0 Å². The molecule has 0 aliphatic heterocycles. The minimum atomic E-state index is 0.858. The number of aromatic nitrogens is 2. The molecule has 2 aromatic heterocycles. The van der Waals surface area contributed by atoms with Crippen LogP contribution in [0.3, 0.4) is 0 Å². The van der Waals surface area contributed by atoms with Crippen LogP contribution in [-0.2, 0) is 0 Å². The van der Waals surface area contributed by atoms with Gasteiger partial charge in [-0.25, -0.2) is 4.98 Å². The van der Waals surface area contributed by atoms with Gasteiger partial charge in [0.1, 0.15) is 5.82 Å². The summed E-state index contributed by atoms with van der Waals surface area (Å²) in [5, 5.41) is 6.11. The standard InChI is InChI=1S/C42H31N3/c1-28-32-17-10-11-21-39(32)45(38(28)25-26-43)40-22-12-20-37(44-40)31-23-24-35-36(27-31)42(30-15-6-3-7-16-30)34-19-9-8-18-33(34)41(35)29-13-4-2-5-14-29/h2-27H,43H2,1H3/b26-25-. The second-order valence-electron chi connectivity index (χ2n) is 11.4. The van der Waals surface area contributed by atoms with Gasteiger partial charge in [0.15, 0.2) is 0 Å². The highest BCUT2D eigenvalue weighted by molar-refractivity contribution is 6.21. The Kier molecular flexibility index (Phi) is 6.50. The van der Waals surface area contributed by atoms with E-state index in [1.807, 2.05) is 6.08 Å². The van der Waals surface area contributed by atoms with Gasteiger partial charge in [-0.2, -0.15) is 0 Å². The van der Waals surface area contributed by atoms with Gasteiger partial charge in [-0.15, -0.1) is 0 Å². The Balaban J connectivity index is 1.41. The molecule has 6 aromatic carbocycles. The van der Waals surface area contributed by atoms with E-state index in [9.17, 15) is 0 Å². The topological polar surface area (TPSA) is 43.8 Å². The van der Waals surface area contributed by atoms with E-state index in [0.717, 1.165) is 28.3 Å². The SMILES string of the molecule is Cc1c(/C=C\N)n(-c2cccc(-c3ccc4c(-c5ccccc5)c5ccccc5c(-c5ccccc5)c4c3)n2)c2ccccc12. The van der Waals surface area contributed by atoms with E-state index < -0.39 is 0 Å². The third-order valence-corrected chi connectivity index (χ3v) is 8.84. The molecule has 0 amide bonds. The van der Waals surface area contributed by atoms with E-state index in [0.29, 0.717) is 0 Å². The summed E-state index contributed by atoms with van der Waals surface area (Å²) in [6.07, 6.45) is 3.56. The molecule has 0 aliphatic rings. The number of pyridine rings is 1. The average molecular weight is 578 g/mol. The summed E-state index contributed by atoms with van der Waals surface area (Å²) in [5.41, 5.74) is 16.1. The first kappa shape index (κ1) is 26.7. The zero-order valence-electron chi connectivity index (χ0n) is 25.0. The van der Waals surface area contributed by atoms with Crippen LogP contribution in [0.25, 0.3) is 77.9 Å². The highest BCUT2D eigenvalue weighted by Crippen LogP contribution is 2.44. The van der Waals surface area contributed by atoms with Gasteiger partial charge >= 0.3 is 0 Å². The maximum atomic E-state index is 5.91. The quantitative estimate of drug-likeness (QED) is 0.207. The van der Waals surface area contributed by atoms with Crippen LogP contribution in [0.1, 0.15) is 11.3 Å². The molecule has 3 heteroatoms. The molecule has 0 aliphatic carbocycles. The predicted octanol–water partition coefficient (Wildman–Crippen LogP) is 10.6. The Hall–Kier alpha value is -5.93. The van der Waals surface area contributed by atoms with Crippen LogP contribution < -0.4 is 5.73 Å². The molecule has 214 valence electrons. The summed E-state index contributed by atoms with van der Waals surface area (Å²) in [4.78, 5) is 5.26. The van der Waals surface area contributed by atoms with Crippen LogP contribution in [0.2, 0.25) is 0 Å². The molecule has 0 atom stereocenters. The smallest absolute Gasteiger partial charge is 0.138 e. The summed E-state index contributed by atoms with van der Waals surface area (Å²) in [7, 11) is 0. The molecule has 8 rings (SSSR count). The van der Waals surface area contributed by atoms with Gasteiger partial charge in [-0.1, -0.05) is 121 Å². The van der Waals surface area contributed by atoms with Crippen LogP contribution >= 0.6 is 0 Å². The van der Waals surface area contributed by atoms with Crippen molar-refractivity contribution in [3.8, 4) is 39.3 Å². The van der Waals surface area contributed by atoms with Crippen molar-refractivity contribution in [1.29, 1.82) is 0 Å². The van der Waals surface area contributed by atoms with Crippen molar-refractivity contribution in [3.63, 3.8) is 0 Å². The first-order valence-corrected chi connectivity index (χ1v) is 15.3.